The number of hydrogen-bond donors (Lipinski definition) is 2. The summed E-state index contributed by atoms with van der Waals surface area (Å²) in [5.74, 6) is 3.66. The lowest BCUT2D eigenvalue weighted by atomic mass is 9.47. The van der Waals surface area contributed by atoms with E-state index in [9.17, 15) is 13.5 Å². The monoisotopic (exact) mass is 482 g/mol. The molecule has 0 saturated heterocycles. The number of aliphatic hydroxyl groups is 1. The van der Waals surface area contributed by atoms with Crippen LogP contribution in [0.2, 0.25) is 0 Å². The highest BCUT2D eigenvalue weighted by atomic mass is 32.3. The van der Waals surface area contributed by atoms with Gasteiger partial charge < -0.3 is 5.11 Å². The summed E-state index contributed by atoms with van der Waals surface area (Å²) in [4.78, 5) is 0. The molecular weight excluding hydrogens is 436 g/mol. The molecule has 8 atom stereocenters. The van der Waals surface area contributed by atoms with Crippen molar-refractivity contribution in [2.45, 2.75) is 117 Å². The Kier molecular flexibility index (Phi) is 6.92. The Labute approximate surface area is 201 Å². The first kappa shape index (κ1) is 25.7. The summed E-state index contributed by atoms with van der Waals surface area (Å²) in [6, 6.07) is 0. The van der Waals surface area contributed by atoms with Gasteiger partial charge in [-0.15, -0.1) is 0 Å². The van der Waals surface area contributed by atoms with Gasteiger partial charge in [0.05, 0.1) is 11.7 Å². The average molecular weight is 483 g/mol. The van der Waals surface area contributed by atoms with E-state index in [-0.39, 0.29) is 5.41 Å². The van der Waals surface area contributed by atoms with Gasteiger partial charge in [-0.3, -0.25) is 4.55 Å². The standard InChI is InChI=1S/C27H46O5S/c1-18(7-6-14-25(2,3)28)22-10-11-23-21-9-8-19-17-20(32-33(29,30)31)12-15-26(19,4)24(21)13-16-27(22,23)5/h8,18,20-24,28H,6-7,9-17H2,1-5H3,(H,29,30,31)/t18?,20?,21?,22?,23?,24?,26?,27-/m1/s1. The number of hydrogen-bond acceptors (Lipinski definition) is 4. The van der Waals surface area contributed by atoms with E-state index in [4.69, 9.17) is 8.74 Å². The van der Waals surface area contributed by atoms with Crippen LogP contribution in [-0.2, 0) is 14.6 Å². The van der Waals surface area contributed by atoms with Crippen LogP contribution in [0.3, 0.4) is 0 Å². The Morgan fingerprint density at radius 3 is 2.55 bits per heavy atom. The summed E-state index contributed by atoms with van der Waals surface area (Å²) in [5, 5.41) is 10.1. The van der Waals surface area contributed by atoms with Crippen molar-refractivity contribution in [1.82, 2.24) is 0 Å². The van der Waals surface area contributed by atoms with Crippen molar-refractivity contribution in [2.24, 2.45) is 40.4 Å². The molecule has 7 unspecified atom stereocenters. The van der Waals surface area contributed by atoms with Crippen molar-refractivity contribution >= 4 is 10.4 Å². The van der Waals surface area contributed by atoms with Crippen molar-refractivity contribution in [3.8, 4) is 0 Å². The maximum atomic E-state index is 11.2. The van der Waals surface area contributed by atoms with E-state index >= 15 is 0 Å². The van der Waals surface area contributed by atoms with Crippen molar-refractivity contribution < 1.29 is 22.3 Å². The SMILES string of the molecule is CC(CCCC(C)(C)O)C1CCC2C3CC=C4CC(OS(=O)(=O)O)CCC4(C)C3CC[C@]12C. The highest BCUT2D eigenvalue weighted by molar-refractivity contribution is 7.80. The molecule has 0 spiro atoms. The normalized spacial score (nSPS) is 42.2. The van der Waals surface area contributed by atoms with Crippen molar-refractivity contribution in [3.63, 3.8) is 0 Å². The molecule has 0 bridgehead atoms. The van der Waals surface area contributed by atoms with Crippen LogP contribution in [0, 0.1) is 40.4 Å². The minimum absolute atomic E-state index is 0.139. The Balaban J connectivity index is 1.46. The Morgan fingerprint density at radius 1 is 1.15 bits per heavy atom. The van der Waals surface area contributed by atoms with Gasteiger partial charge in [0.2, 0.25) is 0 Å². The third-order valence-electron chi connectivity index (χ3n) is 10.5. The van der Waals surface area contributed by atoms with Crippen molar-refractivity contribution in [1.29, 1.82) is 0 Å². The maximum Gasteiger partial charge on any atom is 0.397 e. The molecule has 0 aliphatic heterocycles. The van der Waals surface area contributed by atoms with Gasteiger partial charge in [0.1, 0.15) is 0 Å². The summed E-state index contributed by atoms with van der Waals surface area (Å²) in [5.41, 5.74) is 1.36. The number of rotatable bonds is 7. The zero-order valence-electron chi connectivity index (χ0n) is 21.3. The number of allylic oxidation sites excluding steroid dienone is 1. The van der Waals surface area contributed by atoms with Gasteiger partial charge >= 0.3 is 10.4 Å². The molecule has 6 heteroatoms. The first-order chi connectivity index (χ1) is 15.2. The fourth-order valence-electron chi connectivity index (χ4n) is 8.91. The predicted molar refractivity (Wildman–Crippen MR) is 131 cm³/mol. The molecule has 0 aromatic carbocycles. The lowest BCUT2D eigenvalue weighted by Crippen LogP contribution is -2.51. The molecule has 4 aliphatic rings. The van der Waals surface area contributed by atoms with Crippen LogP contribution in [0.5, 0.6) is 0 Å². The van der Waals surface area contributed by atoms with Crippen molar-refractivity contribution in [3.05, 3.63) is 11.6 Å². The summed E-state index contributed by atoms with van der Waals surface area (Å²) in [7, 11) is -4.40. The molecular formula is C27H46O5S. The quantitative estimate of drug-likeness (QED) is 0.327. The molecule has 0 aromatic heterocycles. The van der Waals surface area contributed by atoms with E-state index in [0.29, 0.717) is 30.1 Å². The highest BCUT2D eigenvalue weighted by Gasteiger charge is 2.59. The zero-order chi connectivity index (χ0) is 24.2. The van der Waals surface area contributed by atoms with Crippen LogP contribution in [-0.4, -0.2) is 29.8 Å². The summed E-state index contributed by atoms with van der Waals surface area (Å²) < 4.78 is 36.5. The van der Waals surface area contributed by atoms with Crippen LogP contribution in [0.4, 0.5) is 0 Å². The highest BCUT2D eigenvalue weighted by Crippen LogP contribution is 2.67. The van der Waals surface area contributed by atoms with E-state index in [1.54, 1.807) is 0 Å². The molecule has 2 N–H and O–H groups in total. The topological polar surface area (TPSA) is 83.8 Å². The molecule has 4 rings (SSSR count). The molecule has 0 amide bonds. The average Bonchev–Trinajstić information content (AvgIpc) is 3.03. The fourth-order valence-corrected chi connectivity index (χ4v) is 9.42. The van der Waals surface area contributed by atoms with Gasteiger partial charge in [0.25, 0.3) is 0 Å². The largest absolute Gasteiger partial charge is 0.397 e. The molecule has 0 radical (unpaired) electrons. The van der Waals surface area contributed by atoms with Gasteiger partial charge in [-0.2, -0.15) is 8.42 Å². The Morgan fingerprint density at radius 2 is 1.88 bits per heavy atom. The first-order valence-electron chi connectivity index (χ1n) is 13.3. The smallest absolute Gasteiger partial charge is 0.390 e. The molecule has 4 aliphatic carbocycles. The molecule has 5 nitrogen and oxygen atoms in total. The maximum absolute atomic E-state index is 11.2. The summed E-state index contributed by atoms with van der Waals surface area (Å²) >= 11 is 0. The van der Waals surface area contributed by atoms with E-state index in [0.717, 1.165) is 43.4 Å². The summed E-state index contributed by atoms with van der Waals surface area (Å²) in [6.45, 7) is 11.3. The van der Waals surface area contributed by atoms with E-state index in [2.05, 4.69) is 26.8 Å². The number of fused-ring (bicyclic) bond motifs is 5. The van der Waals surface area contributed by atoms with Gasteiger partial charge in [0.15, 0.2) is 0 Å². The lowest BCUT2D eigenvalue weighted by Gasteiger charge is -2.58. The van der Waals surface area contributed by atoms with Gasteiger partial charge in [0, 0.05) is 0 Å². The minimum Gasteiger partial charge on any atom is -0.390 e. The summed E-state index contributed by atoms with van der Waals surface area (Å²) in [6.07, 6.45) is 13.8. The third-order valence-corrected chi connectivity index (χ3v) is 11.0. The molecule has 190 valence electrons. The zero-order valence-corrected chi connectivity index (χ0v) is 22.2. The van der Waals surface area contributed by atoms with Crippen LogP contribution < -0.4 is 0 Å². The van der Waals surface area contributed by atoms with Crippen LogP contribution in [0.1, 0.15) is 105 Å². The lowest BCUT2D eigenvalue weighted by molar-refractivity contribution is -0.0563. The Hall–Kier alpha value is -0.430. The third kappa shape index (κ3) is 5.10. The van der Waals surface area contributed by atoms with E-state index < -0.39 is 22.1 Å². The van der Waals surface area contributed by atoms with E-state index in [1.165, 1.54) is 37.7 Å². The van der Waals surface area contributed by atoms with Gasteiger partial charge in [-0.25, -0.2) is 4.18 Å². The van der Waals surface area contributed by atoms with Crippen LogP contribution >= 0.6 is 0 Å². The van der Waals surface area contributed by atoms with Crippen LogP contribution in [0.15, 0.2) is 11.6 Å². The molecule has 3 fully saturated rings. The second-order valence-electron chi connectivity index (χ2n) is 13.1. The molecule has 0 aromatic rings. The van der Waals surface area contributed by atoms with Gasteiger partial charge in [-0.1, -0.05) is 45.3 Å². The first-order valence-corrected chi connectivity index (χ1v) is 14.7. The van der Waals surface area contributed by atoms with Crippen molar-refractivity contribution in [2.75, 3.05) is 0 Å². The van der Waals surface area contributed by atoms with Gasteiger partial charge in [-0.05, 0) is 112 Å². The predicted octanol–water partition coefficient (Wildman–Crippen LogP) is 6.33. The molecule has 33 heavy (non-hydrogen) atoms. The fraction of sp³-hybridized carbons (Fsp3) is 0.926. The Bertz CT molecular complexity index is 858. The molecule has 0 heterocycles. The minimum atomic E-state index is -4.40. The van der Waals surface area contributed by atoms with E-state index in [1.807, 2.05) is 13.8 Å². The second-order valence-corrected chi connectivity index (χ2v) is 14.1. The van der Waals surface area contributed by atoms with Crippen LogP contribution in [0.25, 0.3) is 0 Å². The second kappa shape index (κ2) is 8.90. The molecule has 3 saturated carbocycles.